The Labute approximate surface area is 228 Å². The molecule has 1 saturated carbocycles. The fourth-order valence-electron chi connectivity index (χ4n) is 5.04. The highest BCUT2D eigenvalue weighted by Gasteiger charge is 2.15. The van der Waals surface area contributed by atoms with E-state index in [2.05, 4.69) is 64.2 Å². The zero-order valence-corrected chi connectivity index (χ0v) is 22.6. The Kier molecular flexibility index (Phi) is 8.34. The minimum absolute atomic E-state index is 0.181. The molecule has 196 valence electrons. The molecule has 0 amide bonds. The number of nitrogens with zero attached hydrogens (tertiary/aromatic N) is 3. The molecular formula is C31H34N4O2S. The van der Waals surface area contributed by atoms with Gasteiger partial charge < -0.3 is 15.3 Å². The van der Waals surface area contributed by atoms with Crippen LogP contribution in [0.5, 0.6) is 0 Å². The van der Waals surface area contributed by atoms with Gasteiger partial charge in [0.25, 0.3) is 0 Å². The third-order valence-electron chi connectivity index (χ3n) is 7.29. The Morgan fingerprint density at radius 2 is 1.79 bits per heavy atom. The fourth-order valence-corrected chi connectivity index (χ4v) is 5.90. The summed E-state index contributed by atoms with van der Waals surface area (Å²) in [6, 6.07) is 21.0. The molecule has 2 N–H and O–H groups in total. The first kappa shape index (κ1) is 25.9. The summed E-state index contributed by atoms with van der Waals surface area (Å²) < 4.78 is 0. The summed E-state index contributed by atoms with van der Waals surface area (Å²) in [4.78, 5) is 22.0. The quantitative estimate of drug-likeness (QED) is 0.227. The van der Waals surface area contributed by atoms with Crippen molar-refractivity contribution in [3.8, 4) is 11.3 Å². The highest BCUT2D eigenvalue weighted by molar-refractivity contribution is 7.10. The van der Waals surface area contributed by atoms with Crippen molar-refractivity contribution in [2.24, 2.45) is 0 Å². The van der Waals surface area contributed by atoms with Crippen LogP contribution in [-0.2, 0) is 13.0 Å². The highest BCUT2D eigenvalue weighted by atomic mass is 32.1. The molecule has 4 aromatic rings. The summed E-state index contributed by atoms with van der Waals surface area (Å²) >= 11 is 1.61. The molecule has 0 radical (unpaired) electrons. The zero-order chi connectivity index (χ0) is 26.3. The molecule has 2 aromatic heterocycles. The van der Waals surface area contributed by atoms with Gasteiger partial charge in [0, 0.05) is 36.4 Å². The molecule has 0 atom stereocenters. The molecule has 2 heterocycles. The summed E-state index contributed by atoms with van der Waals surface area (Å²) in [6.45, 7) is 1.50. The van der Waals surface area contributed by atoms with E-state index in [1.54, 1.807) is 23.5 Å². The standard InChI is InChI=1S/C31H34N4O2S/c1-35(29-16-13-26(19-33-29)31(36)37)20-30-34-28(21-38-30)25-11-14-27(15-12-25)32-18-17-22-7-9-24(10-8-22)23-5-3-2-4-6-23/h7-16,19,21,23,32H,2-6,17-18,20H2,1H3,(H,36,37). The lowest BCUT2D eigenvalue weighted by Crippen LogP contribution is -2.17. The van der Waals surface area contributed by atoms with E-state index in [9.17, 15) is 4.79 Å². The summed E-state index contributed by atoms with van der Waals surface area (Å²) in [5.74, 6) is 0.498. The average Bonchev–Trinajstić information content (AvgIpc) is 3.43. The third-order valence-corrected chi connectivity index (χ3v) is 8.12. The number of hydrogen-bond acceptors (Lipinski definition) is 6. The lowest BCUT2D eigenvalue weighted by atomic mass is 9.84. The summed E-state index contributed by atoms with van der Waals surface area (Å²) in [7, 11) is 1.93. The highest BCUT2D eigenvalue weighted by Crippen LogP contribution is 2.32. The normalized spacial score (nSPS) is 13.8. The maximum absolute atomic E-state index is 11.0. The SMILES string of the molecule is CN(Cc1nc(-c2ccc(NCCc3ccc(C4CCCCC4)cc3)cc2)cs1)c1ccc(C(=O)O)cn1. The van der Waals surface area contributed by atoms with Crippen molar-refractivity contribution in [3.05, 3.63) is 93.9 Å². The first-order valence-corrected chi connectivity index (χ1v) is 14.2. The van der Waals surface area contributed by atoms with Crippen LogP contribution < -0.4 is 10.2 Å². The van der Waals surface area contributed by atoms with Gasteiger partial charge in [-0.1, -0.05) is 55.7 Å². The molecule has 1 fully saturated rings. The lowest BCUT2D eigenvalue weighted by Gasteiger charge is -2.22. The van der Waals surface area contributed by atoms with Gasteiger partial charge in [0.1, 0.15) is 10.8 Å². The predicted molar refractivity (Wildman–Crippen MR) is 155 cm³/mol. The first-order chi connectivity index (χ1) is 18.5. The fraction of sp³-hybridized carbons (Fsp3) is 0.323. The van der Waals surface area contributed by atoms with Gasteiger partial charge in [-0.05, 0) is 60.6 Å². The first-order valence-electron chi connectivity index (χ1n) is 13.3. The Hall–Kier alpha value is -3.71. The van der Waals surface area contributed by atoms with Gasteiger partial charge in [-0.3, -0.25) is 0 Å². The maximum atomic E-state index is 11.0. The van der Waals surface area contributed by atoms with Crippen molar-refractivity contribution in [1.29, 1.82) is 0 Å². The van der Waals surface area contributed by atoms with Crippen LogP contribution in [-0.4, -0.2) is 34.6 Å². The smallest absolute Gasteiger partial charge is 0.337 e. The van der Waals surface area contributed by atoms with Gasteiger partial charge in [-0.2, -0.15) is 0 Å². The van der Waals surface area contributed by atoms with Crippen LogP contribution in [0, 0.1) is 0 Å². The summed E-state index contributed by atoms with van der Waals surface area (Å²) in [6.07, 6.45) is 9.22. The van der Waals surface area contributed by atoms with Crippen LogP contribution in [0.25, 0.3) is 11.3 Å². The van der Waals surface area contributed by atoms with Crippen LogP contribution in [0.2, 0.25) is 0 Å². The van der Waals surface area contributed by atoms with E-state index in [0.717, 1.165) is 40.8 Å². The molecule has 0 bridgehead atoms. The number of nitrogens with one attached hydrogen (secondary N) is 1. The molecular weight excluding hydrogens is 492 g/mol. The predicted octanol–water partition coefficient (Wildman–Crippen LogP) is 7.24. The second-order valence-electron chi connectivity index (χ2n) is 10.0. The summed E-state index contributed by atoms with van der Waals surface area (Å²) in [5.41, 5.74) is 6.22. The van der Waals surface area contributed by atoms with Crippen molar-refractivity contribution in [3.63, 3.8) is 0 Å². The molecule has 0 aliphatic heterocycles. The van der Waals surface area contributed by atoms with Gasteiger partial charge in [0.2, 0.25) is 0 Å². The van der Waals surface area contributed by atoms with Gasteiger partial charge in [-0.15, -0.1) is 11.3 Å². The van der Waals surface area contributed by atoms with Crippen molar-refractivity contribution < 1.29 is 9.90 Å². The monoisotopic (exact) mass is 526 g/mol. The molecule has 7 heteroatoms. The van der Waals surface area contributed by atoms with E-state index in [1.807, 2.05) is 11.9 Å². The Morgan fingerprint density at radius 3 is 2.47 bits per heavy atom. The molecule has 2 aromatic carbocycles. The minimum atomic E-state index is -0.975. The number of carbonyl (C=O) groups is 1. The number of rotatable bonds is 10. The Balaban J connectivity index is 1.10. The van der Waals surface area contributed by atoms with E-state index in [1.165, 1.54) is 49.4 Å². The third kappa shape index (κ3) is 6.58. The average molecular weight is 527 g/mol. The molecule has 38 heavy (non-hydrogen) atoms. The number of aromatic carboxylic acids is 1. The van der Waals surface area contributed by atoms with E-state index in [0.29, 0.717) is 12.4 Å². The van der Waals surface area contributed by atoms with Crippen molar-refractivity contribution in [2.75, 3.05) is 23.8 Å². The van der Waals surface area contributed by atoms with Crippen LogP contribution in [0.4, 0.5) is 11.5 Å². The number of pyridine rings is 1. The van der Waals surface area contributed by atoms with Crippen LogP contribution in [0.15, 0.2) is 72.2 Å². The second kappa shape index (κ2) is 12.2. The van der Waals surface area contributed by atoms with Crippen LogP contribution >= 0.6 is 11.3 Å². The lowest BCUT2D eigenvalue weighted by molar-refractivity contribution is 0.0696. The molecule has 6 nitrogen and oxygen atoms in total. The summed E-state index contributed by atoms with van der Waals surface area (Å²) in [5, 5.41) is 15.6. The molecule has 1 aliphatic rings. The van der Waals surface area contributed by atoms with Crippen LogP contribution in [0.3, 0.4) is 0 Å². The van der Waals surface area contributed by atoms with Crippen molar-refractivity contribution in [1.82, 2.24) is 9.97 Å². The van der Waals surface area contributed by atoms with Gasteiger partial charge in [0.15, 0.2) is 0 Å². The molecule has 0 spiro atoms. The molecule has 1 aliphatic carbocycles. The Bertz CT molecular complexity index is 1330. The number of carboxylic acid groups (broad SMARTS) is 1. The van der Waals surface area contributed by atoms with Gasteiger partial charge >= 0.3 is 5.97 Å². The number of thiazole rings is 1. The van der Waals surface area contributed by atoms with Gasteiger partial charge in [-0.25, -0.2) is 14.8 Å². The zero-order valence-electron chi connectivity index (χ0n) is 21.8. The van der Waals surface area contributed by atoms with E-state index < -0.39 is 5.97 Å². The number of carboxylic acids is 1. The number of anilines is 2. The molecule has 5 rings (SSSR count). The molecule has 0 saturated heterocycles. The topological polar surface area (TPSA) is 78.4 Å². The van der Waals surface area contributed by atoms with Gasteiger partial charge in [0.05, 0.1) is 17.8 Å². The Morgan fingerprint density at radius 1 is 1.03 bits per heavy atom. The largest absolute Gasteiger partial charge is 0.478 e. The van der Waals surface area contributed by atoms with Crippen LogP contribution in [0.1, 0.15) is 64.5 Å². The van der Waals surface area contributed by atoms with E-state index in [4.69, 9.17) is 10.1 Å². The molecule has 0 unspecified atom stereocenters. The van der Waals surface area contributed by atoms with Crippen molar-refractivity contribution >= 4 is 28.8 Å². The second-order valence-corrected chi connectivity index (χ2v) is 11.0. The van der Waals surface area contributed by atoms with E-state index >= 15 is 0 Å². The number of benzene rings is 2. The number of aromatic nitrogens is 2. The van der Waals surface area contributed by atoms with Crippen molar-refractivity contribution in [2.45, 2.75) is 51.0 Å². The maximum Gasteiger partial charge on any atom is 0.337 e. The minimum Gasteiger partial charge on any atom is -0.478 e. The number of hydrogen-bond donors (Lipinski definition) is 2. The van der Waals surface area contributed by atoms with E-state index in [-0.39, 0.29) is 5.56 Å².